The average Bonchev–Trinajstić information content (AvgIpc) is 3.30. The molecule has 8 nitrogen and oxygen atoms in total. The molecule has 39 heavy (non-hydrogen) atoms. The van der Waals surface area contributed by atoms with Gasteiger partial charge in [-0.15, -0.1) is 0 Å². The lowest BCUT2D eigenvalue weighted by atomic mass is 10.0. The fraction of sp³-hybridized carbons (Fsp3) is 0.0968. The third-order valence-corrected chi connectivity index (χ3v) is 6.25. The number of benzene rings is 3. The molecule has 194 valence electrons. The molecule has 0 atom stereocenters. The number of rotatable bonds is 5. The number of H-pyrrole nitrogens is 1. The van der Waals surface area contributed by atoms with E-state index in [0.717, 1.165) is 51.4 Å². The van der Waals surface area contributed by atoms with Crippen molar-refractivity contribution in [3.63, 3.8) is 0 Å². The molecule has 0 spiro atoms. The second-order valence-corrected chi connectivity index (χ2v) is 9.04. The van der Waals surface area contributed by atoms with Gasteiger partial charge in [0.25, 0.3) is 11.5 Å². The van der Waals surface area contributed by atoms with Gasteiger partial charge in [-0.1, -0.05) is 60.7 Å². The average molecular weight is 518 g/mol. The van der Waals surface area contributed by atoms with E-state index in [1.54, 1.807) is 0 Å². The number of carbonyl (C=O) groups is 1. The molecule has 3 aromatic carbocycles. The van der Waals surface area contributed by atoms with Gasteiger partial charge < -0.3 is 20.4 Å². The Balaban J connectivity index is 0.000000723. The molecular weight excluding hydrogens is 490 g/mol. The van der Waals surface area contributed by atoms with Gasteiger partial charge in [0.05, 0.1) is 29.0 Å². The molecule has 8 heteroatoms. The Morgan fingerprint density at radius 1 is 0.897 bits per heavy atom. The highest BCUT2D eigenvalue weighted by atomic mass is 16.4. The Kier molecular flexibility index (Phi) is 7.29. The molecule has 0 aliphatic carbocycles. The van der Waals surface area contributed by atoms with Crippen LogP contribution in [0.15, 0.2) is 102 Å². The standard InChI is InChI=1S/C29H23N5O.C2H4O2/c30-16-21-9-6-10-22(31-21)17-34-18-24(23-11-4-5-12-27(23)34)28-29(35)33-26-15-20(13-14-25(26)32-28)19-7-2-1-3-8-19;1-2(3)4/h1-15,18H,16-17,30H2,(H,33,35);1H3,(H,3,4). The normalized spacial score (nSPS) is 10.8. The molecule has 6 aromatic rings. The molecule has 0 aliphatic rings. The number of pyridine rings is 1. The van der Waals surface area contributed by atoms with Gasteiger partial charge in [-0.05, 0) is 41.5 Å². The van der Waals surface area contributed by atoms with E-state index in [9.17, 15) is 4.79 Å². The van der Waals surface area contributed by atoms with Gasteiger partial charge in [-0.2, -0.15) is 0 Å². The van der Waals surface area contributed by atoms with Crippen LogP contribution in [0.5, 0.6) is 0 Å². The lowest BCUT2D eigenvalue weighted by Gasteiger charge is -2.06. The summed E-state index contributed by atoms with van der Waals surface area (Å²) in [5, 5.41) is 8.39. The first-order valence-electron chi connectivity index (χ1n) is 12.4. The molecule has 0 fully saturated rings. The van der Waals surface area contributed by atoms with E-state index in [-0.39, 0.29) is 5.56 Å². The Bertz CT molecular complexity index is 1840. The molecule has 0 amide bonds. The van der Waals surface area contributed by atoms with Crippen molar-refractivity contribution in [2.24, 2.45) is 5.73 Å². The van der Waals surface area contributed by atoms with Crippen LogP contribution < -0.4 is 11.3 Å². The van der Waals surface area contributed by atoms with Crippen molar-refractivity contribution in [3.8, 4) is 22.4 Å². The maximum atomic E-state index is 13.2. The van der Waals surface area contributed by atoms with Crippen LogP contribution in [0.3, 0.4) is 0 Å². The molecular formula is C31H27N5O3. The van der Waals surface area contributed by atoms with Crippen LogP contribution in [0, 0.1) is 0 Å². The minimum absolute atomic E-state index is 0.214. The number of para-hydroxylation sites is 1. The van der Waals surface area contributed by atoms with E-state index >= 15 is 0 Å². The zero-order chi connectivity index (χ0) is 27.4. The van der Waals surface area contributed by atoms with E-state index in [4.69, 9.17) is 20.6 Å². The van der Waals surface area contributed by atoms with E-state index in [0.29, 0.717) is 24.3 Å². The Labute approximate surface area is 224 Å². The third-order valence-electron chi connectivity index (χ3n) is 6.25. The van der Waals surface area contributed by atoms with Gasteiger partial charge in [0, 0.05) is 36.1 Å². The van der Waals surface area contributed by atoms with Gasteiger partial charge >= 0.3 is 0 Å². The van der Waals surface area contributed by atoms with Crippen molar-refractivity contribution in [3.05, 3.63) is 119 Å². The second kappa shape index (κ2) is 11.1. The number of aliphatic carboxylic acids is 1. The summed E-state index contributed by atoms with van der Waals surface area (Å²) >= 11 is 0. The maximum Gasteiger partial charge on any atom is 0.300 e. The largest absolute Gasteiger partial charge is 0.481 e. The summed E-state index contributed by atoms with van der Waals surface area (Å²) in [5.41, 5.74) is 13.1. The number of aromatic amines is 1. The van der Waals surface area contributed by atoms with Gasteiger partial charge in [0.15, 0.2) is 0 Å². The highest BCUT2D eigenvalue weighted by Gasteiger charge is 2.16. The molecule has 0 unspecified atom stereocenters. The van der Waals surface area contributed by atoms with Crippen molar-refractivity contribution in [2.45, 2.75) is 20.0 Å². The van der Waals surface area contributed by atoms with Crippen molar-refractivity contribution < 1.29 is 9.90 Å². The number of nitrogens with zero attached hydrogens (tertiary/aromatic N) is 3. The number of carboxylic acid groups (broad SMARTS) is 1. The van der Waals surface area contributed by atoms with Gasteiger partial charge in [0.1, 0.15) is 5.69 Å². The lowest BCUT2D eigenvalue weighted by molar-refractivity contribution is -0.134. The van der Waals surface area contributed by atoms with Crippen LogP contribution in [0.4, 0.5) is 0 Å². The van der Waals surface area contributed by atoms with Crippen LogP contribution in [0.2, 0.25) is 0 Å². The first kappa shape index (κ1) is 25.6. The molecule has 4 N–H and O–H groups in total. The summed E-state index contributed by atoms with van der Waals surface area (Å²) in [6.07, 6.45) is 1.99. The molecule has 0 saturated heterocycles. The Morgan fingerprint density at radius 3 is 2.38 bits per heavy atom. The second-order valence-electron chi connectivity index (χ2n) is 9.04. The quantitative estimate of drug-likeness (QED) is 0.288. The van der Waals surface area contributed by atoms with Crippen molar-refractivity contribution in [1.29, 1.82) is 0 Å². The maximum absolute atomic E-state index is 13.2. The Hall–Kier alpha value is -5.08. The van der Waals surface area contributed by atoms with E-state index in [1.165, 1.54) is 0 Å². The number of nitrogens with one attached hydrogen (secondary N) is 1. The minimum Gasteiger partial charge on any atom is -0.481 e. The molecule has 0 aliphatic heterocycles. The summed E-state index contributed by atoms with van der Waals surface area (Å²) in [6, 6.07) is 30.0. The summed E-state index contributed by atoms with van der Waals surface area (Å²) in [4.78, 5) is 34.7. The fourth-order valence-corrected chi connectivity index (χ4v) is 4.55. The van der Waals surface area contributed by atoms with Crippen LogP contribution in [0.25, 0.3) is 44.3 Å². The van der Waals surface area contributed by atoms with Crippen LogP contribution in [0.1, 0.15) is 18.3 Å². The highest BCUT2D eigenvalue weighted by Crippen LogP contribution is 2.30. The van der Waals surface area contributed by atoms with Gasteiger partial charge in [-0.3, -0.25) is 14.6 Å². The number of nitrogens with two attached hydrogens (primary N) is 1. The molecule has 0 radical (unpaired) electrons. The molecule has 3 aromatic heterocycles. The van der Waals surface area contributed by atoms with Crippen molar-refractivity contribution in [2.75, 3.05) is 0 Å². The van der Waals surface area contributed by atoms with Gasteiger partial charge in [-0.25, -0.2) is 4.98 Å². The predicted octanol–water partition coefficient (Wildman–Crippen LogP) is 5.20. The monoisotopic (exact) mass is 517 g/mol. The lowest BCUT2D eigenvalue weighted by Crippen LogP contribution is -2.11. The number of aromatic nitrogens is 4. The molecule has 0 bridgehead atoms. The van der Waals surface area contributed by atoms with Crippen LogP contribution >= 0.6 is 0 Å². The summed E-state index contributed by atoms with van der Waals surface area (Å²) in [7, 11) is 0. The smallest absolute Gasteiger partial charge is 0.300 e. The van der Waals surface area contributed by atoms with E-state index in [2.05, 4.69) is 14.5 Å². The molecule has 0 saturated carbocycles. The third kappa shape index (κ3) is 5.61. The highest BCUT2D eigenvalue weighted by molar-refractivity contribution is 5.96. The first-order valence-corrected chi connectivity index (χ1v) is 12.4. The van der Waals surface area contributed by atoms with E-state index < -0.39 is 5.97 Å². The zero-order valence-electron chi connectivity index (χ0n) is 21.3. The SMILES string of the molecule is CC(=O)O.NCc1cccc(Cn2cc(-c3nc4ccc(-c5ccccc5)cc4[nH]c3=O)c3ccccc32)n1. The summed E-state index contributed by atoms with van der Waals surface area (Å²) in [6.45, 7) is 2.05. The van der Waals surface area contributed by atoms with Gasteiger partial charge in [0.2, 0.25) is 0 Å². The summed E-state index contributed by atoms with van der Waals surface area (Å²) in [5.74, 6) is -0.833. The number of hydrogen-bond donors (Lipinski definition) is 3. The van der Waals surface area contributed by atoms with Crippen molar-refractivity contribution in [1.82, 2.24) is 19.5 Å². The minimum atomic E-state index is -0.833. The van der Waals surface area contributed by atoms with Crippen LogP contribution in [-0.4, -0.2) is 30.6 Å². The number of carboxylic acids is 1. The van der Waals surface area contributed by atoms with E-state index in [1.807, 2.05) is 97.2 Å². The molecule has 3 heterocycles. The zero-order valence-corrected chi connectivity index (χ0v) is 21.3. The van der Waals surface area contributed by atoms with Crippen LogP contribution in [-0.2, 0) is 17.9 Å². The fourth-order valence-electron chi connectivity index (χ4n) is 4.55. The number of hydrogen-bond acceptors (Lipinski definition) is 5. The molecule has 6 rings (SSSR count). The predicted molar refractivity (Wildman–Crippen MR) is 153 cm³/mol. The number of fused-ring (bicyclic) bond motifs is 2. The van der Waals surface area contributed by atoms with Crippen molar-refractivity contribution >= 4 is 27.9 Å². The first-order chi connectivity index (χ1) is 18.9. The Morgan fingerprint density at radius 2 is 1.62 bits per heavy atom. The summed E-state index contributed by atoms with van der Waals surface area (Å²) < 4.78 is 2.11. The topological polar surface area (TPSA) is 127 Å².